The Morgan fingerprint density at radius 2 is 1.67 bits per heavy atom. The van der Waals surface area contributed by atoms with Crippen LogP contribution in [-0.2, 0) is 6.18 Å². The van der Waals surface area contributed by atoms with E-state index in [1.165, 1.54) is 18.4 Å². The minimum Gasteiger partial charge on any atom is -0.446 e. The molecule has 0 bridgehead atoms. The molecule has 1 aromatic heterocycles. The zero-order valence-electron chi connectivity index (χ0n) is 14.4. The Labute approximate surface area is 153 Å². The summed E-state index contributed by atoms with van der Waals surface area (Å²) in [5, 5.41) is 0. The molecule has 0 saturated heterocycles. The molecule has 4 rings (SSSR count). The topological polar surface area (TPSA) is 54.8 Å². The summed E-state index contributed by atoms with van der Waals surface area (Å²) in [4.78, 5) is 6.30. The number of furan rings is 1. The van der Waals surface area contributed by atoms with Crippen molar-refractivity contribution in [3.8, 4) is 0 Å². The van der Waals surface area contributed by atoms with E-state index in [9.17, 15) is 13.2 Å². The molecule has 1 aliphatic heterocycles. The van der Waals surface area contributed by atoms with E-state index >= 15 is 0 Å². The highest BCUT2D eigenvalue weighted by molar-refractivity contribution is 6.12. The maximum absolute atomic E-state index is 12.9. The van der Waals surface area contributed by atoms with Crippen LogP contribution in [0.1, 0.15) is 28.4 Å². The Balaban J connectivity index is 1.83. The van der Waals surface area contributed by atoms with E-state index in [0.29, 0.717) is 22.8 Å². The minimum atomic E-state index is -4.39. The van der Waals surface area contributed by atoms with Crippen LogP contribution in [-0.4, -0.2) is 5.84 Å². The molecule has 27 heavy (non-hydrogen) atoms. The number of alkyl halides is 3. The second-order valence-electron chi connectivity index (χ2n) is 6.34. The number of halogens is 3. The smallest absolute Gasteiger partial charge is 0.416 e. The van der Waals surface area contributed by atoms with Gasteiger partial charge >= 0.3 is 6.18 Å². The number of fused-ring (bicyclic) bond motifs is 1. The molecule has 2 heterocycles. The highest BCUT2D eigenvalue weighted by Gasteiger charge is 2.33. The Morgan fingerprint density at radius 1 is 1.00 bits per heavy atom. The second kappa shape index (κ2) is 6.28. The molecule has 4 nitrogen and oxygen atoms in total. The van der Waals surface area contributed by atoms with E-state index in [1.807, 2.05) is 31.2 Å². The summed E-state index contributed by atoms with van der Waals surface area (Å²) < 4.78 is 44.0. The Bertz CT molecular complexity index is 989. The number of aryl methyl sites for hydroxylation is 1. The molecule has 138 valence electrons. The van der Waals surface area contributed by atoms with Crippen LogP contribution >= 0.6 is 0 Å². The lowest BCUT2D eigenvalue weighted by Crippen LogP contribution is -2.42. The standard InChI is InChI=1S/C20H16F3N3O/c1-12-2-8-15(9-3-12)26-17(24)16-10-11-27-19(16)25-18(26)13-4-6-14(7-5-13)20(21,22)23/h2-11,17H,24H2,1H3. The predicted molar refractivity (Wildman–Crippen MR) is 96.9 cm³/mol. The summed E-state index contributed by atoms with van der Waals surface area (Å²) in [5.74, 6) is 0.795. The van der Waals surface area contributed by atoms with Crippen molar-refractivity contribution in [1.29, 1.82) is 0 Å². The van der Waals surface area contributed by atoms with Gasteiger partial charge in [0.15, 0.2) is 0 Å². The predicted octanol–water partition coefficient (Wildman–Crippen LogP) is 5.16. The zero-order valence-corrected chi connectivity index (χ0v) is 14.4. The van der Waals surface area contributed by atoms with E-state index in [4.69, 9.17) is 10.2 Å². The molecular formula is C20H16F3N3O. The molecule has 1 unspecified atom stereocenters. The van der Waals surface area contributed by atoms with Gasteiger partial charge in [0.05, 0.1) is 17.4 Å². The van der Waals surface area contributed by atoms with Gasteiger partial charge in [-0.25, -0.2) is 0 Å². The fourth-order valence-electron chi connectivity index (χ4n) is 3.05. The molecule has 0 fully saturated rings. The number of anilines is 1. The van der Waals surface area contributed by atoms with Crippen molar-refractivity contribution in [3.63, 3.8) is 0 Å². The number of amidine groups is 1. The number of nitrogens with zero attached hydrogens (tertiary/aromatic N) is 2. The van der Waals surface area contributed by atoms with E-state index in [0.717, 1.165) is 23.4 Å². The van der Waals surface area contributed by atoms with E-state index in [2.05, 4.69) is 4.99 Å². The van der Waals surface area contributed by atoms with Crippen molar-refractivity contribution < 1.29 is 17.6 Å². The Morgan fingerprint density at radius 3 is 2.30 bits per heavy atom. The highest BCUT2D eigenvalue weighted by Crippen LogP contribution is 2.38. The van der Waals surface area contributed by atoms with Gasteiger partial charge in [-0.2, -0.15) is 18.2 Å². The van der Waals surface area contributed by atoms with Crippen molar-refractivity contribution in [2.45, 2.75) is 19.3 Å². The number of nitrogens with two attached hydrogens (primary N) is 1. The maximum Gasteiger partial charge on any atom is 0.416 e. The Hall–Kier alpha value is -3.06. The van der Waals surface area contributed by atoms with Gasteiger partial charge in [0, 0.05) is 11.3 Å². The molecule has 0 amide bonds. The van der Waals surface area contributed by atoms with E-state index < -0.39 is 17.9 Å². The molecule has 1 aliphatic rings. The van der Waals surface area contributed by atoms with Crippen LogP contribution in [0.3, 0.4) is 0 Å². The molecule has 2 N–H and O–H groups in total. The summed E-state index contributed by atoms with van der Waals surface area (Å²) in [6.07, 6.45) is -3.47. The van der Waals surface area contributed by atoms with Crippen molar-refractivity contribution in [2.24, 2.45) is 10.7 Å². The SMILES string of the molecule is Cc1ccc(N2C(c3ccc(C(F)(F)F)cc3)=Nc3occc3C2N)cc1. The first-order chi connectivity index (χ1) is 12.8. The first-order valence-electron chi connectivity index (χ1n) is 8.30. The van der Waals surface area contributed by atoms with Gasteiger partial charge in [-0.1, -0.05) is 29.8 Å². The van der Waals surface area contributed by atoms with Crippen molar-refractivity contribution in [1.82, 2.24) is 0 Å². The number of benzene rings is 2. The number of hydrogen-bond acceptors (Lipinski definition) is 4. The van der Waals surface area contributed by atoms with Crippen LogP contribution in [0.15, 0.2) is 70.3 Å². The third-order valence-corrected chi connectivity index (χ3v) is 4.49. The summed E-state index contributed by atoms with van der Waals surface area (Å²) >= 11 is 0. The monoisotopic (exact) mass is 371 g/mol. The summed E-state index contributed by atoms with van der Waals surface area (Å²) in [5.41, 5.74) is 8.83. The lowest BCUT2D eigenvalue weighted by Gasteiger charge is -2.34. The maximum atomic E-state index is 12.9. The van der Waals surface area contributed by atoms with Gasteiger partial charge < -0.3 is 15.1 Å². The molecule has 2 aromatic carbocycles. The van der Waals surface area contributed by atoms with E-state index in [-0.39, 0.29) is 0 Å². The fraction of sp³-hybridized carbons (Fsp3) is 0.150. The molecule has 0 saturated carbocycles. The van der Waals surface area contributed by atoms with Gasteiger partial charge in [0.1, 0.15) is 12.0 Å². The largest absolute Gasteiger partial charge is 0.446 e. The number of hydrogen-bond donors (Lipinski definition) is 1. The molecule has 1 atom stereocenters. The molecule has 3 aromatic rings. The van der Waals surface area contributed by atoms with Crippen molar-refractivity contribution >= 4 is 17.4 Å². The van der Waals surface area contributed by atoms with Crippen LogP contribution in [0.25, 0.3) is 0 Å². The lowest BCUT2D eigenvalue weighted by atomic mass is 10.1. The van der Waals surface area contributed by atoms with Crippen LogP contribution < -0.4 is 10.6 Å². The average Bonchev–Trinajstić information content (AvgIpc) is 3.11. The summed E-state index contributed by atoms with van der Waals surface area (Å²) in [7, 11) is 0. The molecule has 0 radical (unpaired) electrons. The van der Waals surface area contributed by atoms with Crippen LogP contribution in [0.2, 0.25) is 0 Å². The first-order valence-corrected chi connectivity index (χ1v) is 8.30. The van der Waals surface area contributed by atoms with Crippen molar-refractivity contribution in [3.05, 3.63) is 83.1 Å². The first kappa shape index (κ1) is 17.4. The van der Waals surface area contributed by atoms with Crippen LogP contribution in [0.5, 0.6) is 0 Å². The Kier molecular flexibility index (Phi) is 4.04. The lowest BCUT2D eigenvalue weighted by molar-refractivity contribution is -0.137. The van der Waals surface area contributed by atoms with Gasteiger partial charge in [-0.3, -0.25) is 0 Å². The fourth-order valence-corrected chi connectivity index (χ4v) is 3.05. The number of rotatable bonds is 2. The molecule has 7 heteroatoms. The van der Waals surface area contributed by atoms with E-state index in [1.54, 1.807) is 11.0 Å². The molecule has 0 aliphatic carbocycles. The second-order valence-corrected chi connectivity index (χ2v) is 6.34. The van der Waals surface area contributed by atoms with Crippen LogP contribution in [0, 0.1) is 6.92 Å². The third-order valence-electron chi connectivity index (χ3n) is 4.49. The zero-order chi connectivity index (χ0) is 19.2. The van der Waals surface area contributed by atoms with Gasteiger partial charge in [0.25, 0.3) is 0 Å². The van der Waals surface area contributed by atoms with Gasteiger partial charge in [-0.15, -0.1) is 0 Å². The summed E-state index contributed by atoms with van der Waals surface area (Å²) in [6, 6.07) is 14.3. The third kappa shape index (κ3) is 3.10. The molecular weight excluding hydrogens is 355 g/mol. The van der Waals surface area contributed by atoms with Gasteiger partial charge in [-0.05, 0) is 37.3 Å². The minimum absolute atomic E-state index is 0.362. The average molecular weight is 371 g/mol. The van der Waals surface area contributed by atoms with Gasteiger partial charge in [0.2, 0.25) is 5.88 Å². The van der Waals surface area contributed by atoms with Crippen LogP contribution in [0.4, 0.5) is 24.7 Å². The molecule has 0 spiro atoms. The normalized spacial score (nSPS) is 16.9. The quantitative estimate of drug-likeness (QED) is 0.677. The number of aliphatic imine (C=N–C) groups is 1. The van der Waals surface area contributed by atoms with Crippen molar-refractivity contribution in [2.75, 3.05) is 4.90 Å². The summed E-state index contributed by atoms with van der Waals surface area (Å²) in [6.45, 7) is 1.97. The highest BCUT2D eigenvalue weighted by atomic mass is 19.4.